The third-order valence-electron chi connectivity index (χ3n) is 6.24. The molecule has 2 aromatic carbocycles. The number of hydrogen-bond acceptors (Lipinski definition) is 6. The van der Waals surface area contributed by atoms with E-state index in [1.54, 1.807) is 36.5 Å². The van der Waals surface area contributed by atoms with Gasteiger partial charge in [-0.25, -0.2) is 0 Å². The molecule has 174 valence electrons. The number of carbonyl (C=O) groups is 1. The van der Waals surface area contributed by atoms with Crippen molar-refractivity contribution in [2.24, 2.45) is 0 Å². The van der Waals surface area contributed by atoms with Crippen molar-refractivity contribution in [3.05, 3.63) is 92.3 Å². The summed E-state index contributed by atoms with van der Waals surface area (Å²) in [5, 5.41) is 5.56. The van der Waals surface area contributed by atoms with Crippen LogP contribution in [-0.2, 0) is 4.74 Å². The molecule has 2 aromatic heterocycles. The number of morpholine rings is 1. The minimum absolute atomic E-state index is 0.0666. The van der Waals surface area contributed by atoms with Gasteiger partial charge in [-0.05, 0) is 30.5 Å². The van der Waals surface area contributed by atoms with Gasteiger partial charge in [-0.1, -0.05) is 42.5 Å². The second kappa shape index (κ2) is 9.93. The first-order valence-corrected chi connectivity index (χ1v) is 12.3. The zero-order valence-corrected chi connectivity index (χ0v) is 19.8. The number of nitrogens with zero attached hydrogens (tertiary/aromatic N) is 1. The van der Waals surface area contributed by atoms with Crippen LogP contribution in [0.1, 0.15) is 26.8 Å². The Bertz CT molecular complexity index is 1340. The van der Waals surface area contributed by atoms with Crippen LogP contribution in [0.4, 0.5) is 0 Å². The zero-order chi connectivity index (χ0) is 23.5. The van der Waals surface area contributed by atoms with E-state index in [2.05, 4.69) is 21.7 Å². The van der Waals surface area contributed by atoms with Crippen molar-refractivity contribution in [2.75, 3.05) is 32.8 Å². The molecule has 1 amide bonds. The maximum Gasteiger partial charge on any atom is 0.255 e. The average molecular weight is 475 g/mol. The third kappa shape index (κ3) is 4.42. The SMILES string of the molecule is Cc1c(-c2ccccc2)oc2c(C(=O)NC[C@@H](c3cccs3)N3CCOCC3)cccc2c1=O. The summed E-state index contributed by atoms with van der Waals surface area (Å²) in [6.45, 7) is 5.23. The van der Waals surface area contributed by atoms with Crippen molar-refractivity contribution < 1.29 is 13.9 Å². The topological polar surface area (TPSA) is 71.8 Å². The van der Waals surface area contributed by atoms with E-state index in [0.29, 0.717) is 47.6 Å². The van der Waals surface area contributed by atoms with Crippen LogP contribution in [0, 0.1) is 6.92 Å². The van der Waals surface area contributed by atoms with Crippen LogP contribution in [0.15, 0.2) is 75.3 Å². The molecule has 0 bridgehead atoms. The Morgan fingerprint density at radius 3 is 2.59 bits per heavy atom. The Labute approximate surface area is 201 Å². The van der Waals surface area contributed by atoms with Crippen LogP contribution in [-0.4, -0.2) is 43.7 Å². The highest BCUT2D eigenvalue weighted by atomic mass is 32.1. The lowest BCUT2D eigenvalue weighted by atomic mass is 10.0. The van der Waals surface area contributed by atoms with Crippen molar-refractivity contribution in [3.63, 3.8) is 0 Å². The molecule has 0 saturated carbocycles. The van der Waals surface area contributed by atoms with Gasteiger partial charge >= 0.3 is 0 Å². The molecule has 7 heteroatoms. The second-order valence-corrected chi connectivity index (χ2v) is 9.30. The Hall–Kier alpha value is -3.26. The van der Waals surface area contributed by atoms with Gasteiger partial charge in [0.25, 0.3) is 5.91 Å². The normalized spacial score (nSPS) is 15.3. The lowest BCUT2D eigenvalue weighted by Gasteiger charge is -2.34. The first-order valence-electron chi connectivity index (χ1n) is 11.4. The first-order chi connectivity index (χ1) is 16.6. The van der Waals surface area contributed by atoms with Gasteiger partial charge in [-0.3, -0.25) is 14.5 Å². The minimum Gasteiger partial charge on any atom is -0.455 e. The third-order valence-corrected chi connectivity index (χ3v) is 7.21. The monoisotopic (exact) mass is 474 g/mol. The van der Waals surface area contributed by atoms with E-state index in [4.69, 9.17) is 9.15 Å². The highest BCUT2D eigenvalue weighted by Crippen LogP contribution is 2.28. The average Bonchev–Trinajstić information content (AvgIpc) is 3.42. The summed E-state index contributed by atoms with van der Waals surface area (Å²) < 4.78 is 11.7. The molecule has 0 radical (unpaired) electrons. The molecule has 0 unspecified atom stereocenters. The zero-order valence-electron chi connectivity index (χ0n) is 19.0. The molecule has 1 fully saturated rings. The summed E-state index contributed by atoms with van der Waals surface area (Å²) in [6, 6.07) is 18.8. The summed E-state index contributed by atoms with van der Waals surface area (Å²) in [7, 11) is 0. The molecular weight excluding hydrogens is 448 g/mol. The first kappa shape index (κ1) is 22.5. The van der Waals surface area contributed by atoms with E-state index in [1.807, 2.05) is 36.4 Å². The van der Waals surface area contributed by atoms with Crippen LogP contribution in [0.2, 0.25) is 0 Å². The number of nitrogens with one attached hydrogen (secondary N) is 1. The summed E-state index contributed by atoms with van der Waals surface area (Å²) in [5.41, 5.74) is 1.88. The van der Waals surface area contributed by atoms with Gasteiger partial charge in [0, 0.05) is 35.6 Å². The Morgan fingerprint density at radius 2 is 1.85 bits per heavy atom. The number of para-hydroxylation sites is 1. The largest absolute Gasteiger partial charge is 0.455 e. The number of hydrogen-bond donors (Lipinski definition) is 1. The van der Waals surface area contributed by atoms with Crippen molar-refractivity contribution in [1.29, 1.82) is 0 Å². The van der Waals surface area contributed by atoms with E-state index in [0.717, 1.165) is 18.7 Å². The molecule has 4 aromatic rings. The molecule has 0 spiro atoms. The van der Waals surface area contributed by atoms with Crippen molar-refractivity contribution in [3.8, 4) is 11.3 Å². The molecule has 3 heterocycles. The summed E-state index contributed by atoms with van der Waals surface area (Å²) in [5.74, 6) is 0.231. The highest BCUT2D eigenvalue weighted by Gasteiger charge is 2.25. The van der Waals surface area contributed by atoms with E-state index in [1.165, 1.54) is 4.88 Å². The predicted molar refractivity (Wildman–Crippen MR) is 134 cm³/mol. The number of thiophene rings is 1. The second-order valence-electron chi connectivity index (χ2n) is 8.32. The molecule has 0 aliphatic carbocycles. The van der Waals surface area contributed by atoms with Gasteiger partial charge in [-0.15, -0.1) is 11.3 Å². The van der Waals surface area contributed by atoms with Crippen LogP contribution in [0.3, 0.4) is 0 Å². The molecule has 1 N–H and O–H groups in total. The number of benzene rings is 2. The summed E-state index contributed by atoms with van der Waals surface area (Å²) in [6.07, 6.45) is 0. The fourth-order valence-electron chi connectivity index (χ4n) is 4.42. The quantitative estimate of drug-likeness (QED) is 0.441. The fraction of sp³-hybridized carbons (Fsp3) is 0.259. The van der Waals surface area contributed by atoms with E-state index in [9.17, 15) is 9.59 Å². The molecular formula is C27H26N2O4S. The molecule has 1 aliphatic heterocycles. The highest BCUT2D eigenvalue weighted by molar-refractivity contribution is 7.10. The minimum atomic E-state index is -0.258. The van der Waals surface area contributed by atoms with Crippen LogP contribution in [0.25, 0.3) is 22.3 Å². The van der Waals surface area contributed by atoms with Gasteiger partial charge in [0.2, 0.25) is 0 Å². The lowest BCUT2D eigenvalue weighted by molar-refractivity contribution is 0.0169. The maximum absolute atomic E-state index is 13.3. The number of amides is 1. The Morgan fingerprint density at radius 1 is 1.06 bits per heavy atom. The molecule has 1 atom stereocenters. The predicted octanol–water partition coefficient (Wildman–Crippen LogP) is 4.63. The number of ether oxygens (including phenoxy) is 1. The van der Waals surface area contributed by atoms with E-state index >= 15 is 0 Å². The number of carbonyl (C=O) groups excluding carboxylic acids is 1. The van der Waals surface area contributed by atoms with Crippen molar-refractivity contribution in [2.45, 2.75) is 13.0 Å². The Kier molecular flexibility index (Phi) is 6.58. The van der Waals surface area contributed by atoms with Crippen LogP contribution >= 0.6 is 11.3 Å². The van der Waals surface area contributed by atoms with Crippen LogP contribution in [0.5, 0.6) is 0 Å². The van der Waals surface area contributed by atoms with Crippen molar-refractivity contribution >= 4 is 28.2 Å². The van der Waals surface area contributed by atoms with Gasteiger partial charge < -0.3 is 14.5 Å². The van der Waals surface area contributed by atoms with E-state index in [-0.39, 0.29) is 17.4 Å². The Balaban J connectivity index is 1.47. The van der Waals surface area contributed by atoms with E-state index < -0.39 is 0 Å². The molecule has 1 saturated heterocycles. The lowest BCUT2D eigenvalue weighted by Crippen LogP contribution is -2.43. The van der Waals surface area contributed by atoms with Crippen LogP contribution < -0.4 is 10.7 Å². The summed E-state index contributed by atoms with van der Waals surface area (Å²) >= 11 is 1.68. The number of fused-ring (bicyclic) bond motifs is 1. The molecule has 34 heavy (non-hydrogen) atoms. The van der Waals surface area contributed by atoms with Gasteiger partial charge in [0.15, 0.2) is 11.0 Å². The molecule has 1 aliphatic rings. The van der Waals surface area contributed by atoms with Gasteiger partial charge in [0.1, 0.15) is 5.76 Å². The fourth-order valence-corrected chi connectivity index (χ4v) is 5.28. The number of rotatable bonds is 6. The standard InChI is InChI=1S/C27H26N2O4S/c1-18-24(30)20-9-5-10-21(26(20)33-25(18)19-7-3-2-4-8-19)27(31)28-17-22(23-11-6-16-34-23)29-12-14-32-15-13-29/h2-11,16,22H,12-15,17H2,1H3,(H,28,31)/t22-/m0/s1. The molecule has 6 nitrogen and oxygen atoms in total. The maximum atomic E-state index is 13.3. The molecule has 5 rings (SSSR count). The van der Waals surface area contributed by atoms with Gasteiger partial charge in [-0.2, -0.15) is 0 Å². The van der Waals surface area contributed by atoms with Crippen molar-refractivity contribution in [1.82, 2.24) is 10.2 Å². The summed E-state index contributed by atoms with van der Waals surface area (Å²) in [4.78, 5) is 30.0. The van der Waals surface area contributed by atoms with Gasteiger partial charge in [0.05, 0.1) is 30.2 Å². The smallest absolute Gasteiger partial charge is 0.255 e.